The van der Waals surface area contributed by atoms with Crippen LogP contribution in [-0.4, -0.2) is 31.9 Å². The first kappa shape index (κ1) is 23.0. The molecule has 2 aromatic carbocycles. The molecule has 0 aliphatic carbocycles. The van der Waals surface area contributed by atoms with Crippen LogP contribution in [0.1, 0.15) is 71.7 Å². The summed E-state index contributed by atoms with van der Waals surface area (Å²) in [5, 5.41) is 0.294. The Bertz CT molecular complexity index is 1030. The molecule has 0 bridgehead atoms. The molecule has 1 aliphatic heterocycles. The van der Waals surface area contributed by atoms with E-state index in [4.69, 9.17) is 9.02 Å². The van der Waals surface area contributed by atoms with Gasteiger partial charge >= 0.3 is 10.1 Å². The highest BCUT2D eigenvalue weighted by Gasteiger charge is 2.40. The van der Waals surface area contributed by atoms with E-state index in [0.29, 0.717) is 23.0 Å². The molecule has 2 amide bonds. The molecule has 8 heteroatoms. The number of unbranched alkanes of at least 4 members (excludes halogenated alkanes) is 5. The second-order valence-electron chi connectivity index (χ2n) is 7.52. The fourth-order valence-electron chi connectivity index (χ4n) is 3.44. The van der Waals surface area contributed by atoms with Crippen molar-refractivity contribution in [2.75, 3.05) is 6.61 Å². The summed E-state index contributed by atoms with van der Waals surface area (Å²) in [5.74, 6) is -1.05. The molecule has 7 nitrogen and oxygen atoms in total. The van der Waals surface area contributed by atoms with E-state index in [2.05, 4.69) is 6.92 Å². The second kappa shape index (κ2) is 10.1. The van der Waals surface area contributed by atoms with Gasteiger partial charge in [-0.25, -0.2) is 0 Å². The predicted octanol–water partition coefficient (Wildman–Crippen LogP) is 4.65. The van der Waals surface area contributed by atoms with Gasteiger partial charge in [-0.2, -0.15) is 8.42 Å². The van der Waals surface area contributed by atoms with Crippen molar-refractivity contribution in [3.63, 3.8) is 0 Å². The molecule has 2 aromatic rings. The Labute approximate surface area is 183 Å². The van der Waals surface area contributed by atoms with Gasteiger partial charge in [0.05, 0.1) is 22.6 Å². The van der Waals surface area contributed by atoms with Crippen LogP contribution in [0.4, 0.5) is 0 Å². The van der Waals surface area contributed by atoms with Gasteiger partial charge in [0.2, 0.25) is 0 Å². The quantitative estimate of drug-likeness (QED) is 0.369. The summed E-state index contributed by atoms with van der Waals surface area (Å²) < 4.78 is 36.1. The van der Waals surface area contributed by atoms with Crippen molar-refractivity contribution in [1.82, 2.24) is 5.06 Å². The molecule has 31 heavy (non-hydrogen) atoms. The largest absolute Gasteiger partial charge is 0.494 e. The third kappa shape index (κ3) is 5.32. The van der Waals surface area contributed by atoms with Crippen LogP contribution in [0.25, 0.3) is 0 Å². The summed E-state index contributed by atoms with van der Waals surface area (Å²) in [6, 6.07) is 10.6. The van der Waals surface area contributed by atoms with Gasteiger partial charge in [0, 0.05) is 0 Å². The summed E-state index contributed by atoms with van der Waals surface area (Å²) in [7, 11) is -4.38. The smallest absolute Gasteiger partial charge is 0.318 e. The fourth-order valence-corrected chi connectivity index (χ4v) is 4.54. The zero-order valence-corrected chi connectivity index (χ0v) is 18.6. The van der Waals surface area contributed by atoms with Gasteiger partial charge in [-0.1, -0.05) is 51.2 Å². The topological polar surface area (TPSA) is 90.0 Å². The van der Waals surface area contributed by atoms with Crippen molar-refractivity contribution < 1.29 is 27.0 Å². The Kier molecular flexibility index (Phi) is 7.46. The van der Waals surface area contributed by atoms with Crippen LogP contribution < -0.4 is 4.74 Å². The van der Waals surface area contributed by atoms with E-state index in [9.17, 15) is 18.0 Å². The van der Waals surface area contributed by atoms with Crippen molar-refractivity contribution in [3.8, 4) is 5.75 Å². The Morgan fingerprint density at radius 1 is 0.871 bits per heavy atom. The molecule has 0 saturated carbocycles. The molecular formula is C23H27NO6S. The van der Waals surface area contributed by atoms with Crippen molar-refractivity contribution in [2.24, 2.45) is 0 Å². The maximum Gasteiger partial charge on any atom is 0.318 e. The number of aryl methyl sites for hydroxylation is 1. The van der Waals surface area contributed by atoms with E-state index < -0.39 is 21.9 Å². The Hall–Kier alpha value is -2.71. The molecule has 0 atom stereocenters. The van der Waals surface area contributed by atoms with E-state index in [1.54, 1.807) is 31.2 Å². The number of hydroxylamine groups is 2. The van der Waals surface area contributed by atoms with E-state index in [0.717, 1.165) is 12.8 Å². The number of ether oxygens (including phenoxy) is 1. The normalized spacial score (nSPS) is 13.5. The Morgan fingerprint density at radius 2 is 1.48 bits per heavy atom. The van der Waals surface area contributed by atoms with Gasteiger partial charge in [0.15, 0.2) is 0 Å². The first-order valence-electron chi connectivity index (χ1n) is 10.5. The molecule has 0 spiro atoms. The summed E-state index contributed by atoms with van der Waals surface area (Å²) >= 11 is 0. The van der Waals surface area contributed by atoms with Gasteiger partial charge in [0.1, 0.15) is 5.75 Å². The molecule has 3 rings (SSSR count). The maximum absolute atomic E-state index is 12.7. The summed E-state index contributed by atoms with van der Waals surface area (Å²) in [6.45, 7) is 4.35. The maximum atomic E-state index is 12.7. The lowest BCUT2D eigenvalue weighted by atomic mass is 10.1. The van der Waals surface area contributed by atoms with Crippen molar-refractivity contribution in [1.29, 1.82) is 0 Å². The molecule has 0 saturated heterocycles. The van der Waals surface area contributed by atoms with Crippen LogP contribution in [-0.2, 0) is 14.4 Å². The average molecular weight is 446 g/mol. The number of hydrogen-bond acceptors (Lipinski definition) is 6. The number of benzene rings is 2. The van der Waals surface area contributed by atoms with Crippen molar-refractivity contribution in [2.45, 2.75) is 57.3 Å². The molecule has 0 N–H and O–H groups in total. The number of fused-ring (bicyclic) bond motifs is 1. The van der Waals surface area contributed by atoms with Crippen LogP contribution in [0, 0.1) is 6.92 Å². The Morgan fingerprint density at radius 3 is 2.10 bits per heavy atom. The second-order valence-corrected chi connectivity index (χ2v) is 9.02. The summed E-state index contributed by atoms with van der Waals surface area (Å²) in [6.07, 6.45) is 6.91. The van der Waals surface area contributed by atoms with Crippen LogP contribution in [0.5, 0.6) is 5.75 Å². The summed E-state index contributed by atoms with van der Waals surface area (Å²) in [5.41, 5.74) is 0.618. The minimum absolute atomic E-state index is 0.109. The number of hydrogen-bond donors (Lipinski definition) is 0. The highest BCUT2D eigenvalue weighted by Crippen LogP contribution is 2.28. The highest BCUT2D eigenvalue weighted by atomic mass is 32.2. The molecular weight excluding hydrogens is 418 g/mol. The third-order valence-electron chi connectivity index (χ3n) is 5.11. The molecule has 0 fully saturated rings. The number of rotatable bonds is 11. The highest BCUT2D eigenvalue weighted by molar-refractivity contribution is 7.86. The molecule has 0 aromatic heterocycles. The van der Waals surface area contributed by atoms with Gasteiger partial charge in [-0.05, 0) is 49.2 Å². The van der Waals surface area contributed by atoms with Crippen LogP contribution in [0.15, 0.2) is 47.4 Å². The lowest BCUT2D eigenvalue weighted by Crippen LogP contribution is -2.32. The number of carbonyl (C=O) groups is 2. The minimum atomic E-state index is -4.38. The average Bonchev–Trinajstić information content (AvgIpc) is 2.98. The zero-order chi connectivity index (χ0) is 22.4. The van der Waals surface area contributed by atoms with Gasteiger partial charge in [0.25, 0.3) is 11.8 Å². The molecule has 1 aliphatic rings. The standard InChI is InChI=1S/C23H27NO6S/c1-3-4-5-6-7-10-15-29-18-13-14-21(17(2)16-18)31(27,28)30-24-22(25)19-11-8-9-12-20(19)23(24)26/h8-9,11-14,16H,3-7,10,15H2,1-2H3. The number of imide groups is 1. The first-order chi connectivity index (χ1) is 14.8. The number of nitrogens with zero attached hydrogens (tertiary/aromatic N) is 1. The summed E-state index contributed by atoms with van der Waals surface area (Å²) in [4.78, 5) is 24.6. The fraction of sp³-hybridized carbons (Fsp3) is 0.391. The predicted molar refractivity (Wildman–Crippen MR) is 115 cm³/mol. The number of carbonyl (C=O) groups excluding carboxylic acids is 2. The molecule has 0 unspecified atom stereocenters. The van der Waals surface area contributed by atoms with Crippen LogP contribution >= 0.6 is 0 Å². The first-order valence-corrected chi connectivity index (χ1v) is 11.9. The van der Waals surface area contributed by atoms with Gasteiger partial charge < -0.3 is 4.74 Å². The minimum Gasteiger partial charge on any atom is -0.494 e. The lowest BCUT2D eigenvalue weighted by molar-refractivity contribution is -0.0104. The van der Waals surface area contributed by atoms with E-state index in [-0.39, 0.29) is 16.0 Å². The van der Waals surface area contributed by atoms with Crippen LogP contribution in [0.3, 0.4) is 0 Å². The van der Waals surface area contributed by atoms with Crippen molar-refractivity contribution >= 4 is 21.9 Å². The van der Waals surface area contributed by atoms with E-state index in [1.807, 2.05) is 0 Å². The monoisotopic (exact) mass is 445 g/mol. The lowest BCUT2D eigenvalue weighted by Gasteiger charge is -2.15. The third-order valence-corrected chi connectivity index (χ3v) is 6.45. The molecule has 1 heterocycles. The number of amides is 2. The van der Waals surface area contributed by atoms with E-state index in [1.165, 1.54) is 43.9 Å². The zero-order valence-electron chi connectivity index (χ0n) is 17.8. The van der Waals surface area contributed by atoms with Gasteiger partial charge in [-0.3, -0.25) is 9.59 Å². The van der Waals surface area contributed by atoms with E-state index >= 15 is 0 Å². The van der Waals surface area contributed by atoms with Crippen LogP contribution in [0.2, 0.25) is 0 Å². The SMILES string of the molecule is CCCCCCCCOc1ccc(S(=O)(=O)ON2C(=O)c3ccccc3C2=O)c(C)c1. The van der Waals surface area contributed by atoms with Gasteiger partial charge in [-0.15, -0.1) is 9.35 Å². The molecule has 166 valence electrons. The molecule has 0 radical (unpaired) electrons. The van der Waals surface area contributed by atoms with Crippen molar-refractivity contribution in [3.05, 3.63) is 59.2 Å². The Balaban J connectivity index is 1.62.